The quantitative estimate of drug-likeness (QED) is 0.908. The topological polar surface area (TPSA) is 54.5 Å². The Balaban J connectivity index is 1.68. The summed E-state index contributed by atoms with van der Waals surface area (Å²) in [4.78, 5) is 14.2. The van der Waals surface area contributed by atoms with E-state index in [4.69, 9.17) is 4.74 Å². The summed E-state index contributed by atoms with van der Waals surface area (Å²) in [5.74, 6) is 1.03. The highest BCUT2D eigenvalue weighted by molar-refractivity contribution is 7.13. The van der Waals surface area contributed by atoms with Crippen LogP contribution in [0.4, 0.5) is 10.6 Å². The number of fused-ring (bicyclic) bond motifs is 1. The monoisotopic (exact) mass is 333 g/mol. The molecule has 1 N–H and O–H groups in total. The molecule has 124 valence electrons. The smallest absolute Gasteiger partial charge is 0.407 e. The van der Waals surface area contributed by atoms with Gasteiger partial charge in [0.2, 0.25) is 0 Å². The Morgan fingerprint density at radius 3 is 2.96 bits per heavy atom. The Bertz CT molecular complexity index is 692. The van der Waals surface area contributed by atoms with Crippen LogP contribution >= 0.6 is 11.5 Å². The molecule has 5 nitrogen and oxygen atoms in total. The summed E-state index contributed by atoms with van der Waals surface area (Å²) in [5.41, 5.74) is -0.469. The van der Waals surface area contributed by atoms with E-state index in [1.807, 2.05) is 32.9 Å². The highest BCUT2D eigenvalue weighted by atomic mass is 32.1. The Labute approximate surface area is 140 Å². The van der Waals surface area contributed by atoms with Gasteiger partial charge >= 0.3 is 6.09 Å². The number of anilines is 1. The highest BCUT2D eigenvalue weighted by Gasteiger charge is 2.26. The maximum absolute atomic E-state index is 12.0. The SMILES string of the molecule is CC(C)(C)OC(=O)N[C@H]1CCCN(c2nsc3ccccc23)C1. The maximum atomic E-state index is 12.0. The number of carbonyl (C=O) groups is 1. The molecule has 1 saturated heterocycles. The predicted octanol–water partition coefficient (Wildman–Crippen LogP) is 3.79. The van der Waals surface area contributed by atoms with E-state index in [1.165, 1.54) is 21.6 Å². The van der Waals surface area contributed by atoms with Crippen molar-refractivity contribution in [3.8, 4) is 0 Å². The minimum absolute atomic E-state index is 0.0964. The summed E-state index contributed by atoms with van der Waals surface area (Å²) in [6, 6.07) is 8.38. The minimum Gasteiger partial charge on any atom is -0.444 e. The molecule has 6 heteroatoms. The molecular formula is C17H23N3O2S. The molecule has 0 aliphatic carbocycles. The van der Waals surface area contributed by atoms with Crippen LogP contribution in [-0.4, -0.2) is 35.2 Å². The van der Waals surface area contributed by atoms with Crippen LogP contribution in [0.15, 0.2) is 24.3 Å². The number of nitrogens with zero attached hydrogens (tertiary/aromatic N) is 2. The summed E-state index contributed by atoms with van der Waals surface area (Å²) >= 11 is 1.53. The lowest BCUT2D eigenvalue weighted by atomic mass is 10.1. The van der Waals surface area contributed by atoms with Gasteiger partial charge in [-0.3, -0.25) is 0 Å². The van der Waals surface area contributed by atoms with Crippen LogP contribution in [0.3, 0.4) is 0 Å². The van der Waals surface area contributed by atoms with E-state index in [0.29, 0.717) is 0 Å². The molecule has 0 spiro atoms. The van der Waals surface area contributed by atoms with E-state index in [-0.39, 0.29) is 12.1 Å². The Kier molecular flexibility index (Phi) is 4.43. The molecule has 23 heavy (non-hydrogen) atoms. The Morgan fingerprint density at radius 1 is 1.39 bits per heavy atom. The average Bonchev–Trinajstić information content (AvgIpc) is 2.89. The van der Waals surface area contributed by atoms with Gasteiger partial charge in [0, 0.05) is 24.5 Å². The molecule has 0 unspecified atom stereocenters. The molecule has 1 fully saturated rings. The van der Waals surface area contributed by atoms with E-state index in [1.54, 1.807) is 0 Å². The Hall–Kier alpha value is -1.82. The predicted molar refractivity (Wildman–Crippen MR) is 94.2 cm³/mol. The van der Waals surface area contributed by atoms with E-state index >= 15 is 0 Å². The van der Waals surface area contributed by atoms with Crippen LogP contribution in [0, 0.1) is 0 Å². The molecule has 2 heterocycles. The molecule has 1 aromatic carbocycles. The maximum Gasteiger partial charge on any atom is 0.407 e. The first-order valence-electron chi connectivity index (χ1n) is 8.01. The molecular weight excluding hydrogens is 310 g/mol. The molecule has 1 aliphatic heterocycles. The van der Waals surface area contributed by atoms with Gasteiger partial charge < -0.3 is 15.0 Å². The first kappa shape index (κ1) is 16.1. The molecule has 2 aromatic rings. The van der Waals surface area contributed by atoms with Crippen molar-refractivity contribution in [2.75, 3.05) is 18.0 Å². The number of ether oxygens (including phenoxy) is 1. The van der Waals surface area contributed by atoms with Gasteiger partial charge in [0.05, 0.1) is 4.70 Å². The molecule has 1 atom stereocenters. The first-order chi connectivity index (χ1) is 10.9. The fourth-order valence-corrected chi connectivity index (χ4v) is 3.66. The zero-order valence-electron chi connectivity index (χ0n) is 13.8. The van der Waals surface area contributed by atoms with Crippen molar-refractivity contribution in [3.63, 3.8) is 0 Å². The highest BCUT2D eigenvalue weighted by Crippen LogP contribution is 2.30. The van der Waals surface area contributed by atoms with Crippen LogP contribution in [0.1, 0.15) is 33.6 Å². The first-order valence-corrected chi connectivity index (χ1v) is 8.78. The largest absolute Gasteiger partial charge is 0.444 e. The third-order valence-corrected chi connectivity index (χ3v) is 4.62. The van der Waals surface area contributed by atoms with Gasteiger partial charge in [0.1, 0.15) is 11.4 Å². The van der Waals surface area contributed by atoms with Crippen LogP contribution in [-0.2, 0) is 4.74 Å². The second-order valence-corrected chi connectivity index (χ2v) is 7.74. The molecule has 0 bridgehead atoms. The summed E-state index contributed by atoms with van der Waals surface area (Å²) in [6.45, 7) is 7.37. The van der Waals surface area contributed by atoms with Crippen molar-refractivity contribution in [2.24, 2.45) is 0 Å². The number of carbonyl (C=O) groups excluding carboxylic acids is 1. The van der Waals surface area contributed by atoms with Crippen molar-refractivity contribution in [2.45, 2.75) is 45.3 Å². The standard InChI is InChI=1S/C17H23N3O2S/c1-17(2,3)22-16(21)18-12-7-6-10-20(11-12)15-13-8-4-5-9-14(13)23-19-15/h4-5,8-9,12H,6-7,10-11H2,1-3H3,(H,18,21)/t12-/m0/s1. The number of benzene rings is 1. The van der Waals surface area contributed by atoms with Gasteiger partial charge in [-0.2, -0.15) is 4.37 Å². The van der Waals surface area contributed by atoms with Crippen LogP contribution in [0.2, 0.25) is 0 Å². The van der Waals surface area contributed by atoms with Gasteiger partial charge in [-0.05, 0) is 57.3 Å². The summed E-state index contributed by atoms with van der Waals surface area (Å²) < 4.78 is 11.2. The summed E-state index contributed by atoms with van der Waals surface area (Å²) in [5, 5.41) is 4.18. The van der Waals surface area contributed by atoms with Crippen molar-refractivity contribution < 1.29 is 9.53 Å². The number of rotatable bonds is 2. The van der Waals surface area contributed by atoms with E-state index in [9.17, 15) is 4.79 Å². The number of hydrogen-bond acceptors (Lipinski definition) is 5. The van der Waals surface area contributed by atoms with Crippen molar-refractivity contribution in [1.29, 1.82) is 0 Å². The van der Waals surface area contributed by atoms with Gasteiger partial charge in [0.25, 0.3) is 0 Å². The van der Waals surface area contributed by atoms with Gasteiger partial charge in [-0.1, -0.05) is 12.1 Å². The molecule has 1 aromatic heterocycles. The number of hydrogen-bond donors (Lipinski definition) is 1. The fraction of sp³-hybridized carbons (Fsp3) is 0.529. The third-order valence-electron chi connectivity index (χ3n) is 3.80. The van der Waals surface area contributed by atoms with E-state index in [0.717, 1.165) is 31.7 Å². The van der Waals surface area contributed by atoms with Crippen molar-refractivity contribution in [3.05, 3.63) is 24.3 Å². The van der Waals surface area contributed by atoms with Gasteiger partial charge in [-0.25, -0.2) is 4.79 Å². The van der Waals surface area contributed by atoms with E-state index in [2.05, 4.69) is 26.7 Å². The summed E-state index contributed by atoms with van der Waals surface area (Å²) in [6.07, 6.45) is 1.66. The lowest BCUT2D eigenvalue weighted by Gasteiger charge is -2.34. The van der Waals surface area contributed by atoms with Crippen LogP contribution in [0.5, 0.6) is 0 Å². The summed E-state index contributed by atoms with van der Waals surface area (Å²) in [7, 11) is 0. The molecule has 1 amide bonds. The van der Waals surface area contributed by atoms with Gasteiger partial charge in [-0.15, -0.1) is 0 Å². The van der Waals surface area contributed by atoms with Crippen LogP contribution < -0.4 is 10.2 Å². The minimum atomic E-state index is -0.469. The van der Waals surface area contributed by atoms with Gasteiger partial charge in [0.15, 0.2) is 0 Å². The average molecular weight is 333 g/mol. The molecule has 3 rings (SSSR count). The number of alkyl carbamates (subject to hydrolysis) is 1. The zero-order chi connectivity index (χ0) is 16.4. The van der Waals surface area contributed by atoms with E-state index < -0.39 is 5.60 Å². The lowest BCUT2D eigenvalue weighted by molar-refractivity contribution is 0.0500. The molecule has 0 saturated carbocycles. The number of aromatic nitrogens is 1. The second kappa shape index (κ2) is 6.35. The lowest BCUT2D eigenvalue weighted by Crippen LogP contribution is -2.49. The van der Waals surface area contributed by atoms with Crippen molar-refractivity contribution in [1.82, 2.24) is 9.69 Å². The third kappa shape index (κ3) is 3.93. The molecule has 0 radical (unpaired) electrons. The zero-order valence-corrected chi connectivity index (χ0v) is 14.7. The normalized spacial score (nSPS) is 18.9. The number of amides is 1. The van der Waals surface area contributed by atoms with Crippen molar-refractivity contribution >= 4 is 33.5 Å². The second-order valence-electron chi connectivity index (χ2n) is 6.93. The Morgan fingerprint density at radius 2 is 2.17 bits per heavy atom. The van der Waals surface area contributed by atoms with Crippen LogP contribution in [0.25, 0.3) is 10.1 Å². The fourth-order valence-electron chi connectivity index (χ4n) is 2.86. The number of nitrogens with one attached hydrogen (secondary N) is 1. The number of piperidine rings is 1. The molecule has 1 aliphatic rings.